The number of hydrogen-bond donors (Lipinski definition) is 1. The van der Waals surface area contributed by atoms with Gasteiger partial charge >= 0.3 is 5.97 Å². The lowest BCUT2D eigenvalue weighted by Crippen LogP contribution is -2.51. The topological polar surface area (TPSA) is 89.1 Å². The number of aromatic nitrogens is 5. The molecule has 0 aliphatic carbocycles. The quantitative estimate of drug-likeness (QED) is 0.312. The van der Waals surface area contributed by atoms with Crippen molar-refractivity contribution in [3.8, 4) is 0 Å². The monoisotopic (exact) mass is 534 g/mol. The van der Waals surface area contributed by atoms with Crippen LogP contribution in [0, 0.1) is 18.3 Å². The van der Waals surface area contributed by atoms with Gasteiger partial charge in [0.1, 0.15) is 5.82 Å². The number of hydrogen-bond acceptors (Lipinski definition) is 5. The Bertz CT molecular complexity index is 1220. The van der Waals surface area contributed by atoms with Crippen molar-refractivity contribution in [3.05, 3.63) is 65.5 Å². The van der Waals surface area contributed by atoms with Crippen LogP contribution in [0.5, 0.6) is 0 Å². The lowest BCUT2D eigenvalue weighted by molar-refractivity contribution is -0.152. The molecule has 8 nitrogen and oxygen atoms in total. The number of imidazole rings is 1. The van der Waals surface area contributed by atoms with Gasteiger partial charge in [-0.25, -0.2) is 4.98 Å². The summed E-state index contributed by atoms with van der Waals surface area (Å²) in [5, 5.41) is 19.4. The smallest absolute Gasteiger partial charge is 0.310 e. The molecule has 0 bridgehead atoms. The number of benzene rings is 1. The maximum atomic E-state index is 13.0. The van der Waals surface area contributed by atoms with E-state index in [1.807, 2.05) is 49.3 Å². The first-order chi connectivity index (χ1) is 18.7. The van der Waals surface area contributed by atoms with Gasteiger partial charge in [0.2, 0.25) is 0 Å². The molecule has 1 aromatic carbocycles. The summed E-state index contributed by atoms with van der Waals surface area (Å²) in [6.45, 7) is 14.6. The molecule has 2 aromatic heterocycles. The Morgan fingerprint density at radius 2 is 1.90 bits per heavy atom. The van der Waals surface area contributed by atoms with Crippen molar-refractivity contribution in [3.63, 3.8) is 0 Å². The van der Waals surface area contributed by atoms with Crippen molar-refractivity contribution in [1.29, 1.82) is 0 Å². The van der Waals surface area contributed by atoms with Gasteiger partial charge in [-0.15, -0.1) is 5.10 Å². The molecule has 39 heavy (non-hydrogen) atoms. The molecule has 1 unspecified atom stereocenters. The van der Waals surface area contributed by atoms with E-state index in [1.165, 1.54) is 19.3 Å². The average Bonchev–Trinajstić information content (AvgIpc) is 3.56. The van der Waals surface area contributed by atoms with E-state index in [0.717, 1.165) is 61.2 Å². The molecule has 1 fully saturated rings. The third-order valence-corrected chi connectivity index (χ3v) is 9.13. The minimum absolute atomic E-state index is 0.529. The van der Waals surface area contributed by atoms with E-state index in [9.17, 15) is 9.90 Å². The highest BCUT2D eigenvalue weighted by Gasteiger charge is 2.52. The van der Waals surface area contributed by atoms with E-state index in [-0.39, 0.29) is 0 Å². The second-order valence-electron chi connectivity index (χ2n) is 11.9. The summed E-state index contributed by atoms with van der Waals surface area (Å²) in [4.78, 5) is 20.2. The summed E-state index contributed by atoms with van der Waals surface area (Å²) >= 11 is 0. The summed E-state index contributed by atoms with van der Waals surface area (Å²) in [5.74, 6) is 1.02. The number of aryl methyl sites for hydroxylation is 3. The molecule has 3 heterocycles. The van der Waals surface area contributed by atoms with E-state index in [1.54, 1.807) is 0 Å². The van der Waals surface area contributed by atoms with Gasteiger partial charge in [0, 0.05) is 37.1 Å². The molecule has 0 saturated carbocycles. The fourth-order valence-corrected chi connectivity index (χ4v) is 6.27. The number of likely N-dealkylation sites (tertiary alicyclic amines) is 1. The predicted molar refractivity (Wildman–Crippen MR) is 153 cm³/mol. The highest BCUT2D eigenvalue weighted by Crippen LogP contribution is 2.48. The van der Waals surface area contributed by atoms with Crippen molar-refractivity contribution in [2.24, 2.45) is 11.3 Å². The minimum Gasteiger partial charge on any atom is -0.481 e. The number of aliphatic carboxylic acids is 1. The van der Waals surface area contributed by atoms with E-state index < -0.39 is 16.8 Å². The number of piperidine rings is 1. The first kappa shape index (κ1) is 29.0. The van der Waals surface area contributed by atoms with Gasteiger partial charge in [0.25, 0.3) is 0 Å². The Morgan fingerprint density at radius 3 is 2.56 bits per heavy atom. The first-order valence-corrected chi connectivity index (χ1v) is 14.6. The molecule has 1 aliphatic rings. The van der Waals surface area contributed by atoms with Crippen molar-refractivity contribution in [2.75, 3.05) is 13.1 Å². The summed E-state index contributed by atoms with van der Waals surface area (Å²) in [6, 6.07) is 8.25. The number of carboxylic acid groups (broad SMARTS) is 1. The van der Waals surface area contributed by atoms with Crippen LogP contribution in [-0.4, -0.2) is 53.6 Å². The second-order valence-corrected chi connectivity index (χ2v) is 11.9. The zero-order valence-electron chi connectivity index (χ0n) is 24.4. The van der Waals surface area contributed by atoms with Gasteiger partial charge in [-0.3, -0.25) is 14.4 Å². The standard InChI is InChI=1S/C31H46N6O2/c1-6-17-37-21-26(33-34-37)12-15-31(30(4,5)29(38)39,27-11-9-8-10-24(27)3)23-36-20-16-32-28(36)22-35-18-13-25(7-2)14-19-35/h8-11,16,20-21,25H,6-7,12-15,17-19,22-23H2,1-5H3,(H,38,39). The Hall–Kier alpha value is -3.00. The van der Waals surface area contributed by atoms with Gasteiger partial charge in [-0.1, -0.05) is 49.7 Å². The van der Waals surface area contributed by atoms with Crippen LogP contribution in [-0.2, 0) is 36.3 Å². The minimum atomic E-state index is -1.06. The van der Waals surface area contributed by atoms with Crippen LogP contribution in [0.2, 0.25) is 0 Å². The number of rotatable bonds is 13. The highest BCUT2D eigenvalue weighted by atomic mass is 16.4. The molecule has 1 atom stereocenters. The molecule has 1 N–H and O–H groups in total. The second kappa shape index (κ2) is 12.5. The molecule has 1 aliphatic heterocycles. The zero-order valence-corrected chi connectivity index (χ0v) is 24.4. The SMILES string of the molecule is CCCn1cc(CCC(Cn2ccnc2CN2CCC(CC)CC2)(c2ccccc2C)C(C)(C)C(=O)O)nn1. The molecular formula is C31H46N6O2. The molecule has 4 rings (SSSR count). The van der Waals surface area contributed by atoms with Crippen LogP contribution in [0.4, 0.5) is 0 Å². The first-order valence-electron chi connectivity index (χ1n) is 14.6. The van der Waals surface area contributed by atoms with E-state index in [0.29, 0.717) is 19.4 Å². The predicted octanol–water partition coefficient (Wildman–Crippen LogP) is 5.50. The fourth-order valence-electron chi connectivity index (χ4n) is 6.27. The highest BCUT2D eigenvalue weighted by molar-refractivity contribution is 5.76. The molecular weight excluding hydrogens is 488 g/mol. The van der Waals surface area contributed by atoms with Crippen molar-refractivity contribution in [2.45, 2.75) is 98.2 Å². The molecule has 1 saturated heterocycles. The van der Waals surface area contributed by atoms with Crippen molar-refractivity contribution >= 4 is 5.97 Å². The third-order valence-electron chi connectivity index (χ3n) is 9.13. The Morgan fingerprint density at radius 1 is 1.15 bits per heavy atom. The van der Waals surface area contributed by atoms with Gasteiger partial charge in [0.15, 0.2) is 0 Å². The summed E-state index contributed by atoms with van der Waals surface area (Å²) in [6.07, 6.45) is 11.9. The molecule has 8 heteroatoms. The Balaban J connectivity index is 1.71. The number of carbonyl (C=O) groups is 1. The molecule has 0 amide bonds. The molecule has 0 spiro atoms. The van der Waals surface area contributed by atoms with Gasteiger partial charge < -0.3 is 9.67 Å². The van der Waals surface area contributed by atoms with Crippen molar-refractivity contribution in [1.82, 2.24) is 29.4 Å². The van der Waals surface area contributed by atoms with Crippen LogP contribution in [0.15, 0.2) is 42.9 Å². The van der Waals surface area contributed by atoms with E-state index in [2.05, 4.69) is 52.7 Å². The molecule has 0 radical (unpaired) electrons. The normalized spacial score (nSPS) is 16.8. The molecule has 212 valence electrons. The van der Waals surface area contributed by atoms with Crippen LogP contribution < -0.4 is 0 Å². The summed E-state index contributed by atoms with van der Waals surface area (Å²) in [7, 11) is 0. The van der Waals surface area contributed by atoms with Gasteiger partial charge in [0.05, 0.1) is 17.7 Å². The van der Waals surface area contributed by atoms with Gasteiger partial charge in [-0.2, -0.15) is 0 Å². The number of nitrogens with zero attached hydrogens (tertiary/aromatic N) is 6. The Labute approximate surface area is 233 Å². The molecule has 3 aromatic rings. The maximum absolute atomic E-state index is 13.0. The lowest BCUT2D eigenvalue weighted by atomic mass is 9.58. The van der Waals surface area contributed by atoms with Crippen LogP contribution in [0.1, 0.15) is 82.4 Å². The maximum Gasteiger partial charge on any atom is 0.310 e. The van der Waals surface area contributed by atoms with Gasteiger partial charge in [-0.05, 0) is 83.0 Å². The van der Waals surface area contributed by atoms with Crippen molar-refractivity contribution < 1.29 is 9.90 Å². The zero-order chi connectivity index (χ0) is 28.0. The average molecular weight is 535 g/mol. The summed E-state index contributed by atoms with van der Waals surface area (Å²) in [5.41, 5.74) is 1.31. The Kier molecular flexibility index (Phi) is 9.26. The van der Waals surface area contributed by atoms with E-state index >= 15 is 0 Å². The van der Waals surface area contributed by atoms with Crippen LogP contribution in [0.25, 0.3) is 0 Å². The van der Waals surface area contributed by atoms with Crippen LogP contribution in [0.3, 0.4) is 0 Å². The van der Waals surface area contributed by atoms with E-state index in [4.69, 9.17) is 4.98 Å². The largest absolute Gasteiger partial charge is 0.481 e. The lowest BCUT2D eigenvalue weighted by Gasteiger charge is -2.46. The third kappa shape index (κ3) is 6.26. The summed E-state index contributed by atoms with van der Waals surface area (Å²) < 4.78 is 4.08. The number of carboxylic acids is 1. The fraction of sp³-hybridized carbons (Fsp3) is 0.613. The van der Waals surface area contributed by atoms with Crippen LogP contribution >= 0.6 is 0 Å².